The predicted octanol–water partition coefficient (Wildman–Crippen LogP) is 3.72. The van der Waals surface area contributed by atoms with E-state index in [0.29, 0.717) is 6.04 Å². The molecule has 2 fully saturated rings. The monoisotopic (exact) mass is 277 g/mol. The van der Waals surface area contributed by atoms with Crippen molar-refractivity contribution in [3.05, 3.63) is 29.8 Å². The summed E-state index contributed by atoms with van der Waals surface area (Å²) in [6.45, 7) is 3.13. The van der Waals surface area contributed by atoms with Crippen molar-refractivity contribution in [3.8, 4) is 0 Å². The minimum Gasteiger partial charge on any atom is -0.382 e. The minimum absolute atomic E-state index is 0.168. The molecule has 104 valence electrons. The van der Waals surface area contributed by atoms with Crippen molar-refractivity contribution in [2.24, 2.45) is 0 Å². The van der Waals surface area contributed by atoms with E-state index < -0.39 is 0 Å². The summed E-state index contributed by atoms with van der Waals surface area (Å²) in [6, 6.07) is 9.26. The van der Waals surface area contributed by atoms with Gasteiger partial charge in [0.2, 0.25) is 0 Å². The summed E-state index contributed by atoms with van der Waals surface area (Å²) < 4.78 is 6.09. The number of nitrogens with one attached hydrogen (secondary N) is 1. The summed E-state index contributed by atoms with van der Waals surface area (Å²) in [6.07, 6.45) is 4.61. The first-order valence-electron chi connectivity index (χ1n) is 7.37. The number of hydrogen-bond donors (Lipinski definition) is 1. The fourth-order valence-corrected chi connectivity index (χ4v) is 4.58. The molecule has 1 aromatic carbocycles. The fraction of sp³-hybridized carbons (Fsp3) is 0.625. The topological polar surface area (TPSA) is 21.3 Å². The zero-order valence-corrected chi connectivity index (χ0v) is 12.5. The lowest BCUT2D eigenvalue weighted by Crippen LogP contribution is -2.44. The van der Waals surface area contributed by atoms with Gasteiger partial charge in [-0.05, 0) is 43.1 Å². The van der Waals surface area contributed by atoms with Crippen LogP contribution in [-0.2, 0) is 11.2 Å². The van der Waals surface area contributed by atoms with Crippen LogP contribution in [0.15, 0.2) is 24.3 Å². The first kappa shape index (κ1) is 13.3. The maximum atomic E-state index is 6.09. The van der Waals surface area contributed by atoms with Gasteiger partial charge in [0.1, 0.15) is 0 Å². The van der Waals surface area contributed by atoms with Crippen molar-refractivity contribution in [2.75, 3.05) is 23.4 Å². The summed E-state index contributed by atoms with van der Waals surface area (Å²) in [4.78, 5) is 0. The molecule has 2 aliphatic heterocycles. The zero-order valence-electron chi connectivity index (χ0n) is 11.7. The van der Waals surface area contributed by atoms with E-state index in [0.717, 1.165) is 25.9 Å². The normalized spacial score (nSPS) is 30.7. The van der Waals surface area contributed by atoms with Crippen LogP contribution in [0.5, 0.6) is 0 Å². The third-order valence-electron chi connectivity index (χ3n) is 4.32. The zero-order chi connectivity index (χ0) is 13.1. The minimum atomic E-state index is 0.168. The Balaban J connectivity index is 1.69. The van der Waals surface area contributed by atoms with Gasteiger partial charge in [-0.15, -0.1) is 0 Å². The average Bonchev–Trinajstić information content (AvgIpc) is 2.87. The second-order valence-corrected chi connectivity index (χ2v) is 6.78. The molecular weight excluding hydrogens is 254 g/mol. The van der Waals surface area contributed by atoms with Crippen molar-refractivity contribution < 1.29 is 4.74 Å². The number of benzene rings is 1. The average molecular weight is 277 g/mol. The molecule has 3 rings (SSSR count). The Morgan fingerprint density at radius 2 is 2.32 bits per heavy atom. The van der Waals surface area contributed by atoms with Gasteiger partial charge < -0.3 is 10.1 Å². The molecular formula is C16H23NOS. The maximum absolute atomic E-state index is 6.09. The number of aryl methyl sites for hydroxylation is 1. The van der Waals surface area contributed by atoms with Gasteiger partial charge in [0.15, 0.2) is 0 Å². The molecule has 0 bridgehead atoms. The molecule has 3 heteroatoms. The van der Waals surface area contributed by atoms with E-state index in [1.807, 2.05) is 11.8 Å². The molecule has 2 nitrogen and oxygen atoms in total. The number of para-hydroxylation sites is 1. The highest BCUT2D eigenvalue weighted by Crippen LogP contribution is 2.39. The van der Waals surface area contributed by atoms with Crippen molar-refractivity contribution >= 4 is 17.4 Å². The lowest BCUT2D eigenvalue weighted by Gasteiger charge is -2.38. The Hall–Kier alpha value is -0.670. The van der Waals surface area contributed by atoms with Crippen molar-refractivity contribution in [3.63, 3.8) is 0 Å². The van der Waals surface area contributed by atoms with Crippen molar-refractivity contribution in [1.82, 2.24) is 0 Å². The summed E-state index contributed by atoms with van der Waals surface area (Å²) in [5.41, 5.74) is 2.91. The number of anilines is 1. The van der Waals surface area contributed by atoms with Gasteiger partial charge in [-0.3, -0.25) is 0 Å². The molecule has 1 N–H and O–H groups in total. The Morgan fingerprint density at radius 1 is 1.42 bits per heavy atom. The summed E-state index contributed by atoms with van der Waals surface area (Å²) >= 11 is 2.04. The summed E-state index contributed by atoms with van der Waals surface area (Å²) in [7, 11) is 0. The van der Waals surface area contributed by atoms with E-state index >= 15 is 0 Å². The van der Waals surface area contributed by atoms with Gasteiger partial charge in [-0.25, -0.2) is 0 Å². The predicted molar refractivity (Wildman–Crippen MR) is 83.1 cm³/mol. The molecule has 19 heavy (non-hydrogen) atoms. The van der Waals surface area contributed by atoms with Gasteiger partial charge in [-0.2, -0.15) is 11.8 Å². The highest BCUT2D eigenvalue weighted by molar-refractivity contribution is 7.99. The van der Waals surface area contributed by atoms with Crippen LogP contribution in [0.3, 0.4) is 0 Å². The largest absolute Gasteiger partial charge is 0.382 e. The van der Waals surface area contributed by atoms with Crippen LogP contribution >= 0.6 is 11.8 Å². The third-order valence-corrected chi connectivity index (χ3v) is 5.54. The quantitative estimate of drug-likeness (QED) is 0.910. The Morgan fingerprint density at radius 3 is 3.11 bits per heavy atom. The first-order valence-corrected chi connectivity index (χ1v) is 8.53. The standard InChI is InChI=1S/C16H23NOS/c1-2-13-5-3-4-6-15(13)17-14-7-9-18-16(11-14)8-10-19-12-16/h3-6,14,17H,2,7-12H2,1H3. The fourth-order valence-electron chi connectivity index (χ4n) is 3.20. The van der Waals surface area contributed by atoms with E-state index in [1.165, 1.54) is 29.2 Å². The van der Waals surface area contributed by atoms with E-state index in [-0.39, 0.29) is 5.60 Å². The van der Waals surface area contributed by atoms with E-state index in [9.17, 15) is 0 Å². The van der Waals surface area contributed by atoms with Crippen LogP contribution in [0.25, 0.3) is 0 Å². The number of rotatable bonds is 3. The number of thioether (sulfide) groups is 1. The Kier molecular flexibility index (Phi) is 4.04. The summed E-state index contributed by atoms with van der Waals surface area (Å²) in [5.74, 6) is 2.44. The van der Waals surface area contributed by atoms with Gasteiger partial charge in [0.05, 0.1) is 5.60 Å². The van der Waals surface area contributed by atoms with Crippen LogP contribution in [0, 0.1) is 0 Å². The third kappa shape index (κ3) is 2.92. The van der Waals surface area contributed by atoms with Crippen LogP contribution in [0.2, 0.25) is 0 Å². The van der Waals surface area contributed by atoms with Gasteiger partial charge >= 0.3 is 0 Å². The van der Waals surface area contributed by atoms with E-state index in [1.54, 1.807) is 0 Å². The highest BCUT2D eigenvalue weighted by atomic mass is 32.2. The molecule has 0 radical (unpaired) electrons. The Bertz CT molecular complexity index is 429. The SMILES string of the molecule is CCc1ccccc1NC1CCOC2(CCSC2)C1. The number of ether oxygens (including phenoxy) is 1. The van der Waals surface area contributed by atoms with Crippen molar-refractivity contribution in [1.29, 1.82) is 0 Å². The molecule has 0 aromatic heterocycles. The summed E-state index contributed by atoms with van der Waals surface area (Å²) in [5, 5.41) is 3.76. The van der Waals surface area contributed by atoms with Crippen molar-refractivity contribution in [2.45, 2.75) is 44.2 Å². The number of hydrogen-bond acceptors (Lipinski definition) is 3. The molecule has 2 heterocycles. The van der Waals surface area contributed by atoms with Gasteiger partial charge in [0, 0.05) is 24.1 Å². The van der Waals surface area contributed by atoms with Gasteiger partial charge in [-0.1, -0.05) is 25.1 Å². The molecule has 0 saturated carbocycles. The molecule has 1 aromatic rings. The first-order chi connectivity index (χ1) is 9.31. The van der Waals surface area contributed by atoms with E-state index in [4.69, 9.17) is 4.74 Å². The van der Waals surface area contributed by atoms with Gasteiger partial charge in [0.25, 0.3) is 0 Å². The molecule has 2 unspecified atom stereocenters. The molecule has 1 spiro atoms. The van der Waals surface area contributed by atoms with E-state index in [2.05, 4.69) is 36.5 Å². The molecule has 0 amide bonds. The lowest BCUT2D eigenvalue weighted by atomic mass is 9.89. The second-order valence-electron chi connectivity index (χ2n) is 5.68. The smallest absolute Gasteiger partial charge is 0.0799 e. The molecule has 2 aliphatic rings. The lowest BCUT2D eigenvalue weighted by molar-refractivity contribution is -0.0628. The Labute approximate surface area is 120 Å². The molecule has 2 atom stereocenters. The maximum Gasteiger partial charge on any atom is 0.0799 e. The highest BCUT2D eigenvalue weighted by Gasteiger charge is 2.40. The van der Waals surface area contributed by atoms with Crippen LogP contribution in [0.1, 0.15) is 31.7 Å². The molecule has 2 saturated heterocycles. The second kappa shape index (κ2) is 5.76. The van der Waals surface area contributed by atoms with Crippen LogP contribution in [0.4, 0.5) is 5.69 Å². The van der Waals surface area contributed by atoms with Crippen LogP contribution in [-0.4, -0.2) is 29.8 Å². The van der Waals surface area contributed by atoms with Crippen LogP contribution < -0.4 is 5.32 Å². The molecule has 0 aliphatic carbocycles.